The molecule has 0 aromatic heterocycles. The molecule has 8 nitrogen and oxygen atoms in total. The number of ether oxygens (including phenoxy) is 1. The van der Waals surface area contributed by atoms with Crippen LogP contribution in [0.5, 0.6) is 0 Å². The Morgan fingerprint density at radius 1 is 1.25 bits per heavy atom. The summed E-state index contributed by atoms with van der Waals surface area (Å²) in [7, 11) is 0. The molecule has 0 saturated carbocycles. The normalized spacial score (nSPS) is 35.6. The van der Waals surface area contributed by atoms with Crippen molar-refractivity contribution in [3.8, 4) is 0 Å². The van der Waals surface area contributed by atoms with Crippen molar-refractivity contribution in [2.75, 3.05) is 6.61 Å². The molecule has 6 atom stereocenters. The Morgan fingerprint density at radius 2 is 1.81 bits per heavy atom. The van der Waals surface area contributed by atoms with Gasteiger partial charge in [-0.1, -0.05) is 0 Å². The van der Waals surface area contributed by atoms with Crippen LogP contribution in [0.25, 0.3) is 0 Å². The number of esters is 1. The molecule has 0 amide bonds. The smallest absolute Gasteiger partial charge is 0.338 e. The van der Waals surface area contributed by atoms with Crippen LogP contribution in [-0.2, 0) is 9.53 Å². The van der Waals surface area contributed by atoms with Gasteiger partial charge in [-0.3, -0.25) is 0 Å². The van der Waals surface area contributed by atoms with Gasteiger partial charge in [-0.2, -0.15) is 0 Å². The summed E-state index contributed by atoms with van der Waals surface area (Å²) in [6.45, 7) is -0.808. The van der Waals surface area contributed by atoms with Gasteiger partial charge in [-0.05, 0) is 0 Å². The van der Waals surface area contributed by atoms with E-state index < -0.39 is 49.2 Å². The van der Waals surface area contributed by atoms with Gasteiger partial charge in [-0.15, -0.1) is 0 Å². The number of hydrogen-bond acceptors (Lipinski definition) is 8. The van der Waals surface area contributed by atoms with Crippen molar-refractivity contribution >= 4 is 5.97 Å². The third-order valence-electron chi connectivity index (χ3n) is 2.42. The minimum atomic E-state index is -1.81. The first-order valence-corrected chi connectivity index (χ1v) is 4.61. The zero-order valence-electron chi connectivity index (χ0n) is 8.17. The van der Waals surface area contributed by atoms with E-state index in [0.717, 1.165) is 0 Å². The van der Waals surface area contributed by atoms with Crippen molar-refractivity contribution < 1.29 is 40.2 Å². The third-order valence-corrected chi connectivity index (χ3v) is 2.42. The lowest BCUT2D eigenvalue weighted by Crippen LogP contribution is -2.50. The van der Waals surface area contributed by atoms with Gasteiger partial charge >= 0.3 is 5.97 Å². The molecule has 0 aromatic carbocycles. The summed E-state index contributed by atoms with van der Waals surface area (Å²) in [6.07, 6.45) is -10.3. The molecule has 1 aliphatic heterocycles. The lowest BCUT2D eigenvalue weighted by Gasteiger charge is -2.26. The van der Waals surface area contributed by atoms with Crippen LogP contribution in [0.3, 0.4) is 0 Å². The Labute approximate surface area is 90.3 Å². The van der Waals surface area contributed by atoms with Crippen molar-refractivity contribution in [3.63, 3.8) is 0 Å². The topological polar surface area (TPSA) is 148 Å². The van der Waals surface area contributed by atoms with Gasteiger partial charge in [0, 0.05) is 0 Å². The van der Waals surface area contributed by atoms with Gasteiger partial charge in [-0.25, -0.2) is 4.79 Å². The van der Waals surface area contributed by atoms with Crippen LogP contribution in [0.15, 0.2) is 0 Å². The highest BCUT2D eigenvalue weighted by Crippen LogP contribution is 2.21. The van der Waals surface area contributed by atoms with Gasteiger partial charge in [0.15, 0.2) is 12.2 Å². The van der Waals surface area contributed by atoms with E-state index in [1.807, 2.05) is 0 Å². The van der Waals surface area contributed by atoms with E-state index in [2.05, 4.69) is 4.74 Å². The van der Waals surface area contributed by atoms with Crippen LogP contribution in [0.1, 0.15) is 0 Å². The number of carbonyl (C=O) groups excluding carboxylic acids is 1. The monoisotopic (exact) mass is 238 g/mol. The third kappa shape index (κ3) is 2.32. The maximum atomic E-state index is 10.8. The maximum Gasteiger partial charge on any atom is 0.338 e. The molecule has 3 unspecified atom stereocenters. The second-order valence-electron chi connectivity index (χ2n) is 3.57. The Hall–Kier alpha value is -0.770. The Kier molecular flexibility index (Phi) is 4.19. The number of aliphatic hydroxyl groups is 6. The fourth-order valence-corrected chi connectivity index (χ4v) is 1.39. The van der Waals surface area contributed by atoms with Gasteiger partial charge in [0.2, 0.25) is 0 Å². The molecule has 94 valence electrons. The molecule has 16 heavy (non-hydrogen) atoms. The average Bonchev–Trinajstić information content (AvgIpc) is 2.54. The molecule has 1 aliphatic rings. The summed E-state index contributed by atoms with van der Waals surface area (Å²) in [6, 6.07) is 0. The average molecular weight is 238 g/mol. The summed E-state index contributed by atoms with van der Waals surface area (Å²) in [4.78, 5) is 10.8. The van der Waals surface area contributed by atoms with E-state index in [1.165, 1.54) is 0 Å². The molecule has 8 heteroatoms. The quantitative estimate of drug-likeness (QED) is 0.269. The SMILES string of the molecule is O=C1O[C@H](C(O)C(O)C(O)CO)[C@@H](O)[C@H]1O. The van der Waals surface area contributed by atoms with Crippen LogP contribution >= 0.6 is 0 Å². The van der Waals surface area contributed by atoms with E-state index in [0.29, 0.717) is 0 Å². The number of rotatable bonds is 4. The standard InChI is InChI=1S/C8H14O8/c9-1-2(10)3(11)4(12)7-5(13)6(14)8(15)16-7/h2-7,9-14H,1H2/t2?,3?,4?,5-,6+,7+/m0/s1. The zero-order valence-corrected chi connectivity index (χ0v) is 8.17. The lowest BCUT2D eigenvalue weighted by molar-refractivity contribution is -0.159. The second-order valence-corrected chi connectivity index (χ2v) is 3.57. The molecular weight excluding hydrogens is 224 g/mol. The van der Waals surface area contributed by atoms with Crippen LogP contribution in [0.2, 0.25) is 0 Å². The van der Waals surface area contributed by atoms with Crippen molar-refractivity contribution in [1.82, 2.24) is 0 Å². The van der Waals surface area contributed by atoms with E-state index in [9.17, 15) is 20.1 Å². The molecule has 0 bridgehead atoms. The van der Waals surface area contributed by atoms with Crippen LogP contribution < -0.4 is 0 Å². The van der Waals surface area contributed by atoms with Crippen molar-refractivity contribution in [3.05, 3.63) is 0 Å². The number of aliphatic hydroxyl groups excluding tert-OH is 6. The van der Waals surface area contributed by atoms with Crippen LogP contribution in [0.4, 0.5) is 0 Å². The minimum absolute atomic E-state index is 0.808. The highest BCUT2D eigenvalue weighted by atomic mass is 16.6. The molecular formula is C8H14O8. The molecule has 0 aliphatic carbocycles. The van der Waals surface area contributed by atoms with Gasteiger partial charge in [0.1, 0.15) is 24.4 Å². The largest absolute Gasteiger partial charge is 0.455 e. The van der Waals surface area contributed by atoms with Gasteiger partial charge < -0.3 is 35.4 Å². The predicted molar refractivity (Wildman–Crippen MR) is 47.0 cm³/mol. The van der Waals surface area contributed by atoms with Crippen molar-refractivity contribution in [2.24, 2.45) is 0 Å². The summed E-state index contributed by atoms with van der Waals surface area (Å²) in [5.41, 5.74) is 0. The van der Waals surface area contributed by atoms with Crippen LogP contribution in [0, 0.1) is 0 Å². The number of carbonyl (C=O) groups is 1. The lowest BCUT2D eigenvalue weighted by atomic mass is 9.99. The summed E-state index contributed by atoms with van der Waals surface area (Å²) in [5.74, 6) is -1.12. The maximum absolute atomic E-state index is 10.8. The Balaban J connectivity index is 2.68. The van der Waals surface area contributed by atoms with Crippen molar-refractivity contribution in [1.29, 1.82) is 0 Å². The summed E-state index contributed by atoms with van der Waals surface area (Å²) < 4.78 is 4.42. The number of cyclic esters (lactones) is 1. The molecule has 1 saturated heterocycles. The van der Waals surface area contributed by atoms with Crippen molar-refractivity contribution in [2.45, 2.75) is 36.6 Å². The molecule has 0 spiro atoms. The van der Waals surface area contributed by atoms with Crippen LogP contribution in [-0.4, -0.2) is 79.8 Å². The van der Waals surface area contributed by atoms with E-state index in [1.54, 1.807) is 0 Å². The fraction of sp³-hybridized carbons (Fsp3) is 0.875. The summed E-state index contributed by atoms with van der Waals surface area (Å²) >= 11 is 0. The highest BCUT2D eigenvalue weighted by molar-refractivity contribution is 5.77. The second kappa shape index (κ2) is 5.04. The summed E-state index contributed by atoms with van der Waals surface area (Å²) in [5, 5.41) is 54.6. The van der Waals surface area contributed by atoms with E-state index in [-0.39, 0.29) is 0 Å². The molecule has 1 heterocycles. The molecule has 0 aromatic rings. The minimum Gasteiger partial charge on any atom is -0.455 e. The van der Waals surface area contributed by atoms with E-state index in [4.69, 9.17) is 15.3 Å². The fourth-order valence-electron chi connectivity index (χ4n) is 1.39. The molecule has 0 radical (unpaired) electrons. The highest BCUT2D eigenvalue weighted by Gasteiger charge is 2.48. The molecule has 1 rings (SSSR count). The number of hydrogen-bond donors (Lipinski definition) is 6. The first-order valence-electron chi connectivity index (χ1n) is 4.61. The first-order chi connectivity index (χ1) is 7.40. The first kappa shape index (κ1) is 13.3. The van der Waals surface area contributed by atoms with Gasteiger partial charge in [0.05, 0.1) is 6.61 Å². The Morgan fingerprint density at radius 3 is 2.19 bits per heavy atom. The zero-order chi connectivity index (χ0) is 12.5. The molecule has 1 fully saturated rings. The predicted octanol–water partition coefficient (Wildman–Crippen LogP) is -4.29. The molecule has 6 N–H and O–H groups in total. The Bertz CT molecular complexity index is 256. The van der Waals surface area contributed by atoms with Gasteiger partial charge in [0.25, 0.3) is 0 Å². The van der Waals surface area contributed by atoms with E-state index >= 15 is 0 Å².